The van der Waals surface area contributed by atoms with E-state index in [1.807, 2.05) is 31.2 Å². The molecule has 0 spiro atoms. The molecule has 2 aromatic carbocycles. The van der Waals surface area contributed by atoms with Crippen molar-refractivity contribution < 1.29 is 13.2 Å². The lowest BCUT2D eigenvalue weighted by atomic mass is 10.1. The Hall–Kier alpha value is -1.85. The predicted octanol–water partition coefficient (Wildman–Crippen LogP) is 2.52. The Bertz CT molecular complexity index is 676. The maximum atomic E-state index is 12.1. The molecule has 0 atom stereocenters. The van der Waals surface area contributed by atoms with Crippen LogP contribution >= 0.6 is 0 Å². The largest absolute Gasteiger partial charge is 0.497 e. The van der Waals surface area contributed by atoms with E-state index in [0.29, 0.717) is 17.9 Å². The molecule has 2 rings (SSSR count). The average Bonchev–Trinajstić information content (AvgIpc) is 2.48. The number of hydrogen-bond donors (Lipinski definition) is 1. The van der Waals surface area contributed by atoms with Gasteiger partial charge in [-0.3, -0.25) is 0 Å². The van der Waals surface area contributed by atoms with E-state index in [2.05, 4.69) is 4.72 Å². The molecule has 0 aromatic heterocycles. The maximum absolute atomic E-state index is 12.1. The molecule has 0 unspecified atom stereocenters. The molecule has 0 aliphatic heterocycles. The van der Waals surface area contributed by atoms with Crippen LogP contribution in [0.4, 0.5) is 0 Å². The number of aryl methyl sites for hydroxylation is 1. The van der Waals surface area contributed by atoms with E-state index in [-0.39, 0.29) is 0 Å². The topological polar surface area (TPSA) is 55.4 Å². The lowest BCUT2D eigenvalue weighted by Gasteiger charge is -2.07. The number of ether oxygens (including phenoxy) is 1. The number of hydrogen-bond acceptors (Lipinski definition) is 3. The van der Waals surface area contributed by atoms with Gasteiger partial charge in [-0.05, 0) is 43.2 Å². The van der Waals surface area contributed by atoms with Crippen molar-refractivity contribution >= 4 is 10.0 Å². The van der Waals surface area contributed by atoms with Crippen molar-refractivity contribution in [3.05, 3.63) is 59.7 Å². The van der Waals surface area contributed by atoms with Crippen molar-refractivity contribution in [1.82, 2.24) is 4.72 Å². The molecule has 1 N–H and O–H groups in total. The molecule has 21 heavy (non-hydrogen) atoms. The number of nitrogens with one attached hydrogen (secondary N) is 1. The molecule has 112 valence electrons. The van der Waals surface area contributed by atoms with Gasteiger partial charge in [-0.25, -0.2) is 13.1 Å². The summed E-state index contributed by atoms with van der Waals surface area (Å²) >= 11 is 0. The first-order chi connectivity index (χ1) is 10.0. The van der Waals surface area contributed by atoms with Gasteiger partial charge >= 0.3 is 0 Å². The number of rotatable bonds is 6. The van der Waals surface area contributed by atoms with Crippen molar-refractivity contribution in [3.63, 3.8) is 0 Å². The van der Waals surface area contributed by atoms with Crippen LogP contribution in [0.1, 0.15) is 11.1 Å². The summed E-state index contributed by atoms with van der Waals surface area (Å²) in [6.07, 6.45) is 0.634. The van der Waals surface area contributed by atoms with Crippen molar-refractivity contribution in [2.75, 3.05) is 13.7 Å². The maximum Gasteiger partial charge on any atom is 0.240 e. The van der Waals surface area contributed by atoms with Crippen LogP contribution in [0.15, 0.2) is 53.4 Å². The standard InChI is InChI=1S/C16H19NO3S/c1-13-3-9-16(10-4-13)21(18,19)17-12-11-14-5-7-15(20-2)8-6-14/h3-10,17H,11-12H2,1-2H3. The minimum atomic E-state index is -3.43. The Kier molecular flexibility index (Phi) is 4.98. The van der Waals surface area contributed by atoms with Crippen LogP contribution in [0.2, 0.25) is 0 Å². The second-order valence-corrected chi connectivity index (χ2v) is 6.58. The van der Waals surface area contributed by atoms with Gasteiger partial charge in [-0.15, -0.1) is 0 Å². The number of benzene rings is 2. The summed E-state index contributed by atoms with van der Waals surface area (Å²) in [4.78, 5) is 0.294. The summed E-state index contributed by atoms with van der Waals surface area (Å²) < 4.78 is 31.9. The number of sulfonamides is 1. The first-order valence-corrected chi connectivity index (χ1v) is 8.19. The molecular weight excluding hydrogens is 286 g/mol. The first-order valence-electron chi connectivity index (χ1n) is 6.70. The van der Waals surface area contributed by atoms with Gasteiger partial charge in [-0.2, -0.15) is 0 Å². The van der Waals surface area contributed by atoms with Crippen molar-refractivity contribution in [1.29, 1.82) is 0 Å². The van der Waals surface area contributed by atoms with Crippen molar-refractivity contribution in [2.45, 2.75) is 18.2 Å². The Morgan fingerprint density at radius 2 is 1.62 bits per heavy atom. The number of methoxy groups -OCH3 is 1. The SMILES string of the molecule is COc1ccc(CCNS(=O)(=O)c2ccc(C)cc2)cc1. The van der Waals surface area contributed by atoms with Gasteiger partial charge in [0.25, 0.3) is 0 Å². The van der Waals surface area contributed by atoms with Crippen molar-refractivity contribution in [3.8, 4) is 5.75 Å². The van der Waals surface area contributed by atoms with Gasteiger partial charge in [-0.1, -0.05) is 29.8 Å². The van der Waals surface area contributed by atoms with E-state index in [9.17, 15) is 8.42 Å². The fourth-order valence-corrected chi connectivity index (χ4v) is 2.95. The molecule has 5 heteroatoms. The lowest BCUT2D eigenvalue weighted by Crippen LogP contribution is -2.25. The lowest BCUT2D eigenvalue weighted by molar-refractivity contribution is 0.414. The zero-order chi connectivity index (χ0) is 15.3. The molecule has 0 aliphatic carbocycles. The van der Waals surface area contributed by atoms with E-state index in [1.54, 1.807) is 31.4 Å². The van der Waals surface area contributed by atoms with Crippen LogP contribution in [0.3, 0.4) is 0 Å². The smallest absolute Gasteiger partial charge is 0.240 e. The quantitative estimate of drug-likeness (QED) is 0.892. The molecular formula is C16H19NO3S. The summed E-state index contributed by atoms with van der Waals surface area (Å²) in [7, 11) is -1.82. The van der Waals surface area contributed by atoms with Crippen LogP contribution in [0.25, 0.3) is 0 Å². The third-order valence-electron chi connectivity index (χ3n) is 3.20. The highest BCUT2D eigenvalue weighted by atomic mass is 32.2. The second-order valence-electron chi connectivity index (χ2n) is 4.81. The molecule has 0 saturated carbocycles. The Labute approximate surface area is 125 Å². The molecule has 0 aliphatic rings. The Balaban J connectivity index is 1.93. The molecule has 4 nitrogen and oxygen atoms in total. The third kappa shape index (κ3) is 4.31. The second kappa shape index (κ2) is 6.74. The Morgan fingerprint density at radius 3 is 2.19 bits per heavy atom. The molecule has 0 saturated heterocycles. The average molecular weight is 305 g/mol. The van der Waals surface area contributed by atoms with E-state index >= 15 is 0 Å². The zero-order valence-corrected chi connectivity index (χ0v) is 13.0. The van der Waals surface area contributed by atoms with Crippen LogP contribution in [0, 0.1) is 6.92 Å². The van der Waals surface area contributed by atoms with E-state index in [1.165, 1.54) is 0 Å². The molecule has 0 amide bonds. The summed E-state index contributed by atoms with van der Waals surface area (Å²) in [6.45, 7) is 2.29. The van der Waals surface area contributed by atoms with Crippen LogP contribution < -0.4 is 9.46 Å². The predicted molar refractivity (Wildman–Crippen MR) is 83.1 cm³/mol. The van der Waals surface area contributed by atoms with Crippen LogP contribution in [0.5, 0.6) is 5.75 Å². The van der Waals surface area contributed by atoms with Gasteiger partial charge in [0.15, 0.2) is 0 Å². The van der Waals surface area contributed by atoms with E-state index < -0.39 is 10.0 Å². The van der Waals surface area contributed by atoms with Gasteiger partial charge in [0.05, 0.1) is 12.0 Å². The van der Waals surface area contributed by atoms with Crippen LogP contribution in [-0.2, 0) is 16.4 Å². The molecule has 0 radical (unpaired) electrons. The molecule has 0 fully saturated rings. The highest BCUT2D eigenvalue weighted by Crippen LogP contribution is 2.12. The molecule has 0 heterocycles. The molecule has 0 bridgehead atoms. The fraction of sp³-hybridized carbons (Fsp3) is 0.250. The summed E-state index contributed by atoms with van der Waals surface area (Å²) in [6, 6.07) is 14.4. The minimum Gasteiger partial charge on any atom is -0.497 e. The van der Waals surface area contributed by atoms with Gasteiger partial charge in [0, 0.05) is 6.54 Å². The van der Waals surface area contributed by atoms with E-state index in [0.717, 1.165) is 16.9 Å². The minimum absolute atomic E-state index is 0.294. The highest BCUT2D eigenvalue weighted by Gasteiger charge is 2.12. The van der Waals surface area contributed by atoms with E-state index in [4.69, 9.17) is 4.74 Å². The zero-order valence-electron chi connectivity index (χ0n) is 12.2. The highest BCUT2D eigenvalue weighted by molar-refractivity contribution is 7.89. The normalized spacial score (nSPS) is 11.3. The Morgan fingerprint density at radius 1 is 1.00 bits per heavy atom. The summed E-state index contributed by atoms with van der Waals surface area (Å²) in [5.41, 5.74) is 2.09. The first kappa shape index (κ1) is 15.5. The van der Waals surface area contributed by atoms with Gasteiger partial charge in [0.1, 0.15) is 5.75 Å². The molecule has 2 aromatic rings. The van der Waals surface area contributed by atoms with Gasteiger partial charge in [0.2, 0.25) is 10.0 Å². The van der Waals surface area contributed by atoms with Gasteiger partial charge < -0.3 is 4.74 Å². The fourth-order valence-electron chi connectivity index (χ4n) is 1.92. The summed E-state index contributed by atoms with van der Waals surface area (Å²) in [5.74, 6) is 0.791. The summed E-state index contributed by atoms with van der Waals surface area (Å²) in [5, 5.41) is 0. The van der Waals surface area contributed by atoms with Crippen molar-refractivity contribution in [2.24, 2.45) is 0 Å². The third-order valence-corrected chi connectivity index (χ3v) is 4.67. The monoisotopic (exact) mass is 305 g/mol. The van der Waals surface area contributed by atoms with Crippen LogP contribution in [-0.4, -0.2) is 22.1 Å².